The first-order valence-electron chi connectivity index (χ1n) is 15.1. The number of thioether (sulfide) groups is 1. The Kier molecular flexibility index (Phi) is 6.52. The van der Waals surface area contributed by atoms with Crippen molar-refractivity contribution in [2.75, 3.05) is 0 Å². The number of ether oxygens (including phenoxy) is 1. The summed E-state index contributed by atoms with van der Waals surface area (Å²) in [7, 11) is 0. The number of nitrogens with two attached hydrogens (primary N) is 2. The molecule has 0 aromatic heterocycles. The fourth-order valence-corrected chi connectivity index (χ4v) is 8.80. The lowest BCUT2D eigenvalue weighted by Crippen LogP contribution is -2.37. The molecule has 2 aliphatic heterocycles. The maximum Gasteiger partial charge on any atom is 0.131 e. The lowest BCUT2D eigenvalue weighted by atomic mass is 9.61. The van der Waals surface area contributed by atoms with Crippen molar-refractivity contribution < 1.29 is 4.74 Å². The number of hydrogen-bond donors (Lipinski definition) is 2. The highest BCUT2D eigenvalue weighted by Crippen LogP contribution is 2.64. The van der Waals surface area contributed by atoms with E-state index in [0.717, 1.165) is 23.5 Å². The van der Waals surface area contributed by atoms with Gasteiger partial charge in [-0.25, -0.2) is 0 Å². The third kappa shape index (κ3) is 4.20. The molecule has 0 bridgehead atoms. The molecule has 6 atom stereocenters. The van der Waals surface area contributed by atoms with E-state index in [1.54, 1.807) is 0 Å². The summed E-state index contributed by atoms with van der Waals surface area (Å²) in [4.78, 5) is 1.28. The second-order valence-electron chi connectivity index (χ2n) is 11.9. The van der Waals surface area contributed by atoms with Crippen LogP contribution in [-0.2, 0) is 5.41 Å². The summed E-state index contributed by atoms with van der Waals surface area (Å²) in [5.41, 5.74) is 20.4. The van der Waals surface area contributed by atoms with Crippen molar-refractivity contribution in [2.24, 2.45) is 17.4 Å². The van der Waals surface area contributed by atoms with E-state index in [1.807, 2.05) is 36.0 Å². The predicted octanol–water partition coefficient (Wildman–Crippen LogP) is 8.40. The van der Waals surface area contributed by atoms with Crippen LogP contribution < -0.4 is 16.2 Å². The molecule has 0 amide bonds. The van der Waals surface area contributed by atoms with Gasteiger partial charge in [-0.2, -0.15) is 0 Å². The van der Waals surface area contributed by atoms with E-state index in [-0.39, 0.29) is 28.7 Å². The van der Waals surface area contributed by atoms with Gasteiger partial charge in [-0.3, -0.25) is 0 Å². The lowest BCUT2D eigenvalue weighted by molar-refractivity contribution is 0.374. The standard InChI is InChI=1S/C39H34N2OS/c40-33(25-10-2-1-3-11-25)19-20-34(41)38-23-22-37(43-38)26-18-21-36-32(24-26)39(31-16-8-9-17-35(31)42-36)29-14-6-4-12-27(29)28-13-5-7-15-30(28)39/h1-22,24,27,29,33-34,38H,23,40-41H2/b20-19-. The van der Waals surface area contributed by atoms with Crippen molar-refractivity contribution in [3.63, 3.8) is 0 Å². The van der Waals surface area contributed by atoms with E-state index >= 15 is 0 Å². The third-order valence-corrected chi connectivity index (χ3v) is 11.0. The molecule has 2 aliphatic carbocycles. The fraction of sp³-hybridized carbons (Fsp3) is 0.179. The van der Waals surface area contributed by atoms with Crippen molar-refractivity contribution in [2.45, 2.75) is 35.1 Å². The first-order valence-corrected chi connectivity index (χ1v) is 16.0. The number of allylic oxidation sites excluding steroid dienone is 5. The van der Waals surface area contributed by atoms with Crippen molar-refractivity contribution in [3.8, 4) is 11.5 Å². The summed E-state index contributed by atoms with van der Waals surface area (Å²) in [6.07, 6.45) is 16.6. The third-order valence-electron chi connectivity index (χ3n) is 9.57. The predicted molar refractivity (Wildman–Crippen MR) is 178 cm³/mol. The zero-order valence-corrected chi connectivity index (χ0v) is 24.7. The van der Waals surface area contributed by atoms with Crippen LogP contribution >= 0.6 is 11.8 Å². The van der Waals surface area contributed by atoms with Crippen molar-refractivity contribution in [3.05, 3.63) is 173 Å². The van der Waals surface area contributed by atoms with Crippen LogP contribution in [0.5, 0.6) is 11.5 Å². The highest BCUT2D eigenvalue weighted by atomic mass is 32.2. The van der Waals surface area contributed by atoms with Crippen LogP contribution in [0.1, 0.15) is 51.8 Å². The Bertz CT molecular complexity index is 1820. The lowest BCUT2D eigenvalue weighted by Gasteiger charge is -2.43. The molecule has 0 radical (unpaired) electrons. The van der Waals surface area contributed by atoms with Gasteiger partial charge < -0.3 is 16.2 Å². The minimum absolute atomic E-state index is 0.0886. The number of para-hydroxylation sites is 1. The zero-order chi connectivity index (χ0) is 29.0. The summed E-state index contributed by atoms with van der Waals surface area (Å²) in [5.74, 6) is 2.47. The normalized spacial score (nSPS) is 25.9. The van der Waals surface area contributed by atoms with E-state index in [0.29, 0.717) is 5.92 Å². The smallest absolute Gasteiger partial charge is 0.131 e. The Hall–Kier alpha value is -4.09. The Balaban J connectivity index is 1.15. The van der Waals surface area contributed by atoms with E-state index in [4.69, 9.17) is 16.2 Å². The monoisotopic (exact) mass is 578 g/mol. The molecule has 0 fully saturated rings. The van der Waals surface area contributed by atoms with Gasteiger partial charge in [0, 0.05) is 45.2 Å². The van der Waals surface area contributed by atoms with Gasteiger partial charge in [0.1, 0.15) is 11.5 Å². The Labute approximate surface area is 257 Å². The summed E-state index contributed by atoms with van der Waals surface area (Å²) >= 11 is 1.87. The molecule has 4 N–H and O–H groups in total. The van der Waals surface area contributed by atoms with Crippen LogP contribution in [0.4, 0.5) is 0 Å². The first-order chi connectivity index (χ1) is 21.1. The van der Waals surface area contributed by atoms with Gasteiger partial charge in [-0.15, -0.1) is 11.8 Å². The number of rotatable bonds is 5. The zero-order valence-electron chi connectivity index (χ0n) is 23.8. The molecule has 4 heteroatoms. The van der Waals surface area contributed by atoms with Gasteiger partial charge in [-0.1, -0.05) is 121 Å². The van der Waals surface area contributed by atoms with E-state index in [1.165, 1.54) is 32.7 Å². The highest BCUT2D eigenvalue weighted by molar-refractivity contribution is 8.09. The highest BCUT2D eigenvalue weighted by Gasteiger charge is 2.56. The molecule has 6 unspecified atom stereocenters. The van der Waals surface area contributed by atoms with Crippen LogP contribution in [0.15, 0.2) is 140 Å². The van der Waals surface area contributed by atoms with Crippen LogP contribution in [0.3, 0.4) is 0 Å². The van der Waals surface area contributed by atoms with E-state index < -0.39 is 0 Å². The first kappa shape index (κ1) is 26.5. The molecule has 4 aliphatic rings. The molecule has 0 saturated heterocycles. The largest absolute Gasteiger partial charge is 0.457 e. The molecule has 0 saturated carbocycles. The molecule has 2 heterocycles. The Morgan fingerprint density at radius 2 is 1.51 bits per heavy atom. The van der Waals surface area contributed by atoms with Crippen LogP contribution in [0.25, 0.3) is 4.91 Å². The second-order valence-corrected chi connectivity index (χ2v) is 13.2. The van der Waals surface area contributed by atoms with Gasteiger partial charge in [0.25, 0.3) is 0 Å². The van der Waals surface area contributed by atoms with Crippen LogP contribution in [-0.4, -0.2) is 11.3 Å². The van der Waals surface area contributed by atoms with E-state index in [9.17, 15) is 0 Å². The van der Waals surface area contributed by atoms with Gasteiger partial charge in [-0.05, 0) is 46.9 Å². The maximum absolute atomic E-state index is 6.70. The van der Waals surface area contributed by atoms with Gasteiger partial charge >= 0.3 is 0 Å². The van der Waals surface area contributed by atoms with Gasteiger partial charge in [0.2, 0.25) is 0 Å². The topological polar surface area (TPSA) is 61.3 Å². The molecule has 212 valence electrons. The molecule has 4 aromatic rings. The maximum atomic E-state index is 6.70. The van der Waals surface area contributed by atoms with Gasteiger partial charge in [0.05, 0.1) is 5.41 Å². The van der Waals surface area contributed by atoms with Crippen molar-refractivity contribution in [1.29, 1.82) is 0 Å². The molecular weight excluding hydrogens is 545 g/mol. The SMILES string of the molecule is NC(/C=C\C(N)C1CC=C(c2ccc3c(c2)C2(c4ccccc4O3)c3ccccc3C3C=CC=CC32)S1)c1ccccc1. The minimum atomic E-state index is -0.335. The number of benzene rings is 4. The fourth-order valence-electron chi connectivity index (χ4n) is 7.58. The molecule has 3 nitrogen and oxygen atoms in total. The Morgan fingerprint density at radius 1 is 0.767 bits per heavy atom. The summed E-state index contributed by atoms with van der Waals surface area (Å²) in [6.45, 7) is 0. The Morgan fingerprint density at radius 3 is 2.40 bits per heavy atom. The molecular formula is C39H34N2OS. The van der Waals surface area contributed by atoms with Gasteiger partial charge in [0.15, 0.2) is 0 Å². The molecule has 1 spiro atoms. The summed E-state index contributed by atoms with van der Waals surface area (Å²) in [5, 5.41) is 0.263. The van der Waals surface area contributed by atoms with Crippen molar-refractivity contribution >= 4 is 16.7 Å². The summed E-state index contributed by atoms with van der Waals surface area (Å²) in [6, 6.07) is 34.3. The number of fused-ring (bicyclic) bond motifs is 9. The summed E-state index contributed by atoms with van der Waals surface area (Å²) < 4.78 is 6.62. The van der Waals surface area contributed by atoms with Crippen molar-refractivity contribution in [1.82, 2.24) is 0 Å². The molecule has 43 heavy (non-hydrogen) atoms. The van der Waals surface area contributed by atoms with E-state index in [2.05, 4.69) is 115 Å². The van der Waals surface area contributed by atoms with Crippen LogP contribution in [0.2, 0.25) is 0 Å². The number of hydrogen-bond acceptors (Lipinski definition) is 4. The molecule has 8 rings (SSSR count). The average molecular weight is 579 g/mol. The van der Waals surface area contributed by atoms with Crippen LogP contribution in [0, 0.1) is 5.92 Å². The minimum Gasteiger partial charge on any atom is -0.457 e. The molecule has 4 aromatic carbocycles. The average Bonchev–Trinajstić information content (AvgIpc) is 3.67. The second kappa shape index (κ2) is 10.6. The quantitative estimate of drug-likeness (QED) is 0.234.